The van der Waals surface area contributed by atoms with E-state index in [1.165, 1.54) is 0 Å². The van der Waals surface area contributed by atoms with E-state index in [4.69, 9.17) is 10.8 Å². The third-order valence-electron chi connectivity index (χ3n) is 2.15. The van der Waals surface area contributed by atoms with Gasteiger partial charge in [0, 0.05) is 21.8 Å². The number of nitrogens with zero attached hydrogens (tertiary/aromatic N) is 2. The summed E-state index contributed by atoms with van der Waals surface area (Å²) in [6, 6.07) is 7.64. The number of hydrogen-bond donors (Lipinski definition) is 2. The van der Waals surface area contributed by atoms with Gasteiger partial charge in [0.25, 0.3) is 0 Å². The first-order valence-electron chi connectivity index (χ1n) is 4.69. The highest BCUT2D eigenvalue weighted by molar-refractivity contribution is 9.10. The van der Waals surface area contributed by atoms with Gasteiger partial charge in [-0.25, -0.2) is 9.97 Å². The number of aliphatic hydroxyl groups excluding tert-OH is 1. The Labute approximate surface area is 101 Å². The molecule has 4 nitrogen and oxygen atoms in total. The highest BCUT2D eigenvalue weighted by atomic mass is 79.9. The van der Waals surface area contributed by atoms with Crippen LogP contribution in [0, 0.1) is 0 Å². The fourth-order valence-corrected chi connectivity index (χ4v) is 1.71. The van der Waals surface area contributed by atoms with E-state index in [0.717, 1.165) is 10.0 Å². The average Bonchev–Trinajstić information content (AvgIpc) is 2.29. The SMILES string of the molecule is Nc1nc(-c2cccc(Br)c2)ncc1CO. The maximum Gasteiger partial charge on any atom is 0.161 e. The van der Waals surface area contributed by atoms with Crippen LogP contribution in [0.25, 0.3) is 11.4 Å². The Morgan fingerprint density at radius 1 is 1.38 bits per heavy atom. The van der Waals surface area contributed by atoms with Gasteiger partial charge in [0.15, 0.2) is 5.82 Å². The molecule has 0 radical (unpaired) electrons. The maximum absolute atomic E-state index is 8.96. The van der Waals surface area contributed by atoms with Crippen LogP contribution < -0.4 is 5.73 Å². The number of nitrogens with two attached hydrogens (primary N) is 1. The van der Waals surface area contributed by atoms with Gasteiger partial charge in [0.2, 0.25) is 0 Å². The lowest BCUT2D eigenvalue weighted by molar-refractivity contribution is 0.281. The molecule has 2 aromatic rings. The molecular weight excluding hydrogens is 270 g/mol. The van der Waals surface area contributed by atoms with Crippen LogP contribution in [0.3, 0.4) is 0 Å². The van der Waals surface area contributed by atoms with Crippen molar-refractivity contribution in [3.05, 3.63) is 40.5 Å². The maximum atomic E-state index is 8.96. The zero-order valence-electron chi connectivity index (χ0n) is 8.39. The molecule has 0 saturated carbocycles. The molecule has 0 bridgehead atoms. The lowest BCUT2D eigenvalue weighted by atomic mass is 10.2. The predicted octanol–water partition coefficient (Wildman–Crippen LogP) is 1.98. The lowest BCUT2D eigenvalue weighted by Gasteiger charge is -2.04. The van der Waals surface area contributed by atoms with Gasteiger partial charge in [-0.3, -0.25) is 0 Å². The number of aromatic nitrogens is 2. The Kier molecular flexibility index (Phi) is 3.17. The molecule has 1 heterocycles. The van der Waals surface area contributed by atoms with Crippen LogP contribution in [0.4, 0.5) is 5.82 Å². The van der Waals surface area contributed by atoms with Crippen LogP contribution >= 0.6 is 15.9 Å². The first-order chi connectivity index (χ1) is 7.70. The van der Waals surface area contributed by atoms with Gasteiger partial charge in [-0.1, -0.05) is 28.1 Å². The summed E-state index contributed by atoms with van der Waals surface area (Å²) in [5, 5.41) is 8.96. The summed E-state index contributed by atoms with van der Waals surface area (Å²) in [6.07, 6.45) is 1.54. The summed E-state index contributed by atoms with van der Waals surface area (Å²) < 4.78 is 0.957. The molecule has 0 amide bonds. The molecule has 3 N–H and O–H groups in total. The van der Waals surface area contributed by atoms with Crippen molar-refractivity contribution in [3.63, 3.8) is 0 Å². The standard InChI is InChI=1S/C11H10BrN3O/c12-9-3-1-2-7(4-9)11-14-5-8(6-16)10(13)15-11/h1-5,16H,6H2,(H2,13,14,15). The van der Waals surface area contributed by atoms with E-state index in [2.05, 4.69) is 25.9 Å². The highest BCUT2D eigenvalue weighted by Gasteiger charge is 2.05. The van der Waals surface area contributed by atoms with Crippen molar-refractivity contribution >= 4 is 21.7 Å². The van der Waals surface area contributed by atoms with Crippen LogP contribution in [0.15, 0.2) is 34.9 Å². The summed E-state index contributed by atoms with van der Waals surface area (Å²) in [4.78, 5) is 8.29. The summed E-state index contributed by atoms with van der Waals surface area (Å²) in [5.74, 6) is 0.864. The molecule has 5 heteroatoms. The second-order valence-electron chi connectivity index (χ2n) is 3.27. The van der Waals surface area contributed by atoms with E-state index in [-0.39, 0.29) is 6.61 Å². The van der Waals surface area contributed by atoms with Crippen LogP contribution in [-0.4, -0.2) is 15.1 Å². The molecule has 0 atom stereocenters. The number of aliphatic hydroxyl groups is 1. The number of benzene rings is 1. The Hall–Kier alpha value is -1.46. The highest BCUT2D eigenvalue weighted by Crippen LogP contribution is 2.21. The van der Waals surface area contributed by atoms with Crippen LogP contribution in [0.5, 0.6) is 0 Å². The summed E-state index contributed by atoms with van der Waals surface area (Å²) in [5.41, 5.74) is 7.11. The fourth-order valence-electron chi connectivity index (χ4n) is 1.31. The Balaban J connectivity index is 2.45. The molecule has 1 aromatic carbocycles. The molecule has 0 fully saturated rings. The van der Waals surface area contributed by atoms with Crippen LogP contribution in [0.1, 0.15) is 5.56 Å². The molecule has 16 heavy (non-hydrogen) atoms. The van der Waals surface area contributed by atoms with Gasteiger partial charge < -0.3 is 10.8 Å². The van der Waals surface area contributed by atoms with E-state index < -0.39 is 0 Å². The minimum absolute atomic E-state index is 0.148. The van der Waals surface area contributed by atoms with Gasteiger partial charge in [-0.05, 0) is 12.1 Å². The van der Waals surface area contributed by atoms with E-state index >= 15 is 0 Å². The van der Waals surface area contributed by atoms with Crippen molar-refractivity contribution < 1.29 is 5.11 Å². The van der Waals surface area contributed by atoms with Gasteiger partial charge in [0.1, 0.15) is 5.82 Å². The zero-order chi connectivity index (χ0) is 11.5. The van der Waals surface area contributed by atoms with E-state index in [1.807, 2.05) is 24.3 Å². The first-order valence-corrected chi connectivity index (χ1v) is 5.48. The monoisotopic (exact) mass is 279 g/mol. The molecule has 82 valence electrons. The van der Waals surface area contributed by atoms with Crippen molar-refractivity contribution in [2.45, 2.75) is 6.61 Å². The number of anilines is 1. The second kappa shape index (κ2) is 4.59. The Morgan fingerprint density at radius 3 is 2.81 bits per heavy atom. The smallest absolute Gasteiger partial charge is 0.161 e. The Morgan fingerprint density at radius 2 is 2.19 bits per heavy atom. The topological polar surface area (TPSA) is 72.0 Å². The molecule has 0 aliphatic carbocycles. The van der Waals surface area contributed by atoms with E-state index in [1.54, 1.807) is 6.20 Å². The molecular formula is C11H10BrN3O. The average molecular weight is 280 g/mol. The molecule has 0 spiro atoms. The summed E-state index contributed by atoms with van der Waals surface area (Å²) >= 11 is 3.38. The first kappa shape index (κ1) is 11.0. The predicted molar refractivity (Wildman–Crippen MR) is 65.5 cm³/mol. The van der Waals surface area contributed by atoms with E-state index in [9.17, 15) is 0 Å². The number of nitrogen functional groups attached to an aromatic ring is 1. The van der Waals surface area contributed by atoms with Gasteiger partial charge >= 0.3 is 0 Å². The van der Waals surface area contributed by atoms with Gasteiger partial charge in [0.05, 0.1) is 6.61 Å². The molecule has 0 aliphatic rings. The minimum Gasteiger partial charge on any atom is -0.391 e. The van der Waals surface area contributed by atoms with Gasteiger partial charge in [-0.15, -0.1) is 0 Å². The summed E-state index contributed by atoms with van der Waals surface area (Å²) in [6.45, 7) is -0.148. The van der Waals surface area contributed by atoms with Crippen molar-refractivity contribution in [1.29, 1.82) is 0 Å². The lowest BCUT2D eigenvalue weighted by Crippen LogP contribution is -2.01. The normalized spacial score (nSPS) is 10.4. The quantitative estimate of drug-likeness (QED) is 0.882. The third kappa shape index (κ3) is 2.20. The Bertz CT molecular complexity index is 516. The number of rotatable bonds is 2. The third-order valence-corrected chi connectivity index (χ3v) is 2.64. The number of hydrogen-bond acceptors (Lipinski definition) is 4. The minimum atomic E-state index is -0.148. The van der Waals surface area contributed by atoms with Crippen molar-refractivity contribution in [2.75, 3.05) is 5.73 Å². The van der Waals surface area contributed by atoms with Gasteiger partial charge in [-0.2, -0.15) is 0 Å². The fraction of sp³-hybridized carbons (Fsp3) is 0.0909. The molecule has 2 rings (SSSR count). The second-order valence-corrected chi connectivity index (χ2v) is 4.19. The zero-order valence-corrected chi connectivity index (χ0v) is 9.98. The summed E-state index contributed by atoms with van der Waals surface area (Å²) in [7, 11) is 0. The van der Waals surface area contributed by atoms with Crippen LogP contribution in [0.2, 0.25) is 0 Å². The van der Waals surface area contributed by atoms with Crippen molar-refractivity contribution in [3.8, 4) is 11.4 Å². The molecule has 1 aromatic heterocycles. The van der Waals surface area contributed by atoms with Crippen molar-refractivity contribution in [2.24, 2.45) is 0 Å². The molecule has 0 unspecified atom stereocenters. The van der Waals surface area contributed by atoms with Crippen molar-refractivity contribution in [1.82, 2.24) is 9.97 Å². The molecule has 0 aliphatic heterocycles. The largest absolute Gasteiger partial charge is 0.391 e. The van der Waals surface area contributed by atoms with Crippen LogP contribution in [-0.2, 0) is 6.61 Å². The number of halogens is 1. The van der Waals surface area contributed by atoms with E-state index in [0.29, 0.717) is 17.2 Å². The molecule has 0 saturated heterocycles.